The molecule has 1 aliphatic rings. The van der Waals surface area contributed by atoms with Crippen LogP contribution in [0.3, 0.4) is 0 Å². The maximum atomic E-state index is 12.7. The van der Waals surface area contributed by atoms with Crippen molar-refractivity contribution >= 4 is 26.0 Å². The average molecular weight is 376 g/mol. The number of hydrogen-bond donors (Lipinski definition) is 2. The van der Waals surface area contributed by atoms with Crippen LogP contribution in [0.2, 0.25) is 0 Å². The van der Waals surface area contributed by atoms with Crippen LogP contribution in [0.25, 0.3) is 0 Å². The van der Waals surface area contributed by atoms with E-state index in [0.29, 0.717) is 16.0 Å². The zero-order valence-electron chi connectivity index (χ0n) is 12.4. The highest BCUT2D eigenvalue weighted by molar-refractivity contribution is 9.10. The first-order valence-electron chi connectivity index (χ1n) is 7.27. The number of hydrogen-bond acceptors (Lipinski definition) is 3. The molecule has 2 atom stereocenters. The van der Waals surface area contributed by atoms with Gasteiger partial charge in [0.2, 0.25) is 10.0 Å². The van der Waals surface area contributed by atoms with E-state index < -0.39 is 10.0 Å². The predicted octanol–water partition coefficient (Wildman–Crippen LogP) is 3.11. The van der Waals surface area contributed by atoms with Gasteiger partial charge in [0.15, 0.2) is 0 Å². The quantitative estimate of drug-likeness (QED) is 0.849. The molecule has 4 nitrogen and oxygen atoms in total. The van der Waals surface area contributed by atoms with E-state index in [1.54, 1.807) is 6.07 Å². The molecule has 1 saturated carbocycles. The van der Waals surface area contributed by atoms with Gasteiger partial charge < -0.3 is 5.11 Å². The maximum Gasteiger partial charge on any atom is 0.241 e. The van der Waals surface area contributed by atoms with E-state index >= 15 is 0 Å². The van der Waals surface area contributed by atoms with Crippen LogP contribution in [0, 0.1) is 12.8 Å². The van der Waals surface area contributed by atoms with Gasteiger partial charge in [-0.1, -0.05) is 25.8 Å². The normalized spacial score (nSPS) is 23.2. The Morgan fingerprint density at radius 2 is 2.00 bits per heavy atom. The van der Waals surface area contributed by atoms with Gasteiger partial charge in [-0.05, 0) is 58.8 Å². The van der Waals surface area contributed by atoms with E-state index in [9.17, 15) is 13.5 Å². The highest BCUT2D eigenvalue weighted by Gasteiger charge is 2.28. The molecule has 0 spiro atoms. The van der Waals surface area contributed by atoms with Gasteiger partial charge in [-0.15, -0.1) is 0 Å². The number of rotatable bonds is 4. The molecule has 2 rings (SSSR count). The summed E-state index contributed by atoms with van der Waals surface area (Å²) >= 11 is 3.36. The van der Waals surface area contributed by atoms with Crippen LogP contribution in [-0.4, -0.2) is 19.6 Å². The van der Waals surface area contributed by atoms with Crippen molar-refractivity contribution in [3.8, 4) is 0 Å². The molecule has 2 unspecified atom stereocenters. The van der Waals surface area contributed by atoms with Gasteiger partial charge in [-0.3, -0.25) is 0 Å². The van der Waals surface area contributed by atoms with Crippen LogP contribution in [0.5, 0.6) is 0 Å². The lowest BCUT2D eigenvalue weighted by atomic mass is 9.87. The van der Waals surface area contributed by atoms with E-state index in [1.165, 1.54) is 12.5 Å². The monoisotopic (exact) mass is 375 g/mol. The standard InChI is InChI=1S/C15H22BrNO3S/c1-10-5-3-4-6-13(10)17-21(19,20)14-8-12(9-18)7-11(2)15(14)16/h7-8,10,13,17-18H,3-6,9H2,1-2H3. The molecule has 1 aromatic rings. The van der Waals surface area contributed by atoms with Gasteiger partial charge in [0.25, 0.3) is 0 Å². The van der Waals surface area contributed by atoms with Crippen molar-refractivity contribution in [2.75, 3.05) is 0 Å². The van der Waals surface area contributed by atoms with E-state index in [0.717, 1.165) is 24.8 Å². The van der Waals surface area contributed by atoms with Crippen molar-refractivity contribution in [2.24, 2.45) is 5.92 Å². The second kappa shape index (κ2) is 6.77. The summed E-state index contributed by atoms with van der Waals surface area (Å²) in [5, 5.41) is 9.28. The van der Waals surface area contributed by atoms with Crippen molar-refractivity contribution in [3.05, 3.63) is 27.7 Å². The molecule has 0 saturated heterocycles. The highest BCUT2D eigenvalue weighted by Crippen LogP contribution is 2.30. The third-order valence-corrected chi connectivity index (χ3v) is 7.00. The van der Waals surface area contributed by atoms with Crippen LogP contribution in [0.1, 0.15) is 43.7 Å². The summed E-state index contributed by atoms with van der Waals surface area (Å²) in [5.74, 6) is 0.356. The first-order valence-corrected chi connectivity index (χ1v) is 9.55. The molecule has 0 aromatic heterocycles. The molecule has 118 valence electrons. The first-order chi connectivity index (χ1) is 9.85. The van der Waals surface area contributed by atoms with Crippen LogP contribution in [0.15, 0.2) is 21.5 Å². The number of sulfonamides is 1. The second-order valence-electron chi connectivity index (χ2n) is 5.87. The topological polar surface area (TPSA) is 66.4 Å². The predicted molar refractivity (Wildman–Crippen MR) is 86.5 cm³/mol. The maximum absolute atomic E-state index is 12.7. The van der Waals surface area contributed by atoms with Gasteiger partial charge >= 0.3 is 0 Å². The minimum atomic E-state index is -3.59. The Morgan fingerprint density at radius 1 is 1.33 bits per heavy atom. The Morgan fingerprint density at radius 3 is 2.62 bits per heavy atom. The minimum Gasteiger partial charge on any atom is -0.392 e. The Hall–Kier alpha value is -0.430. The molecule has 0 radical (unpaired) electrons. The third kappa shape index (κ3) is 3.86. The summed E-state index contributed by atoms with van der Waals surface area (Å²) < 4.78 is 28.7. The van der Waals surface area contributed by atoms with Crippen molar-refractivity contribution in [1.82, 2.24) is 4.72 Å². The summed E-state index contributed by atoms with van der Waals surface area (Å²) in [4.78, 5) is 0.212. The highest BCUT2D eigenvalue weighted by atomic mass is 79.9. The Labute approximate surface area is 135 Å². The molecule has 0 amide bonds. The lowest BCUT2D eigenvalue weighted by Crippen LogP contribution is -2.41. The third-order valence-electron chi connectivity index (χ3n) is 4.17. The van der Waals surface area contributed by atoms with Gasteiger partial charge in [0, 0.05) is 10.5 Å². The first kappa shape index (κ1) is 16.9. The van der Waals surface area contributed by atoms with Crippen LogP contribution >= 0.6 is 15.9 Å². The summed E-state index contributed by atoms with van der Waals surface area (Å²) in [6.45, 7) is 3.75. The van der Waals surface area contributed by atoms with E-state index in [2.05, 4.69) is 27.6 Å². The van der Waals surface area contributed by atoms with E-state index in [-0.39, 0.29) is 17.5 Å². The van der Waals surface area contributed by atoms with Crippen LogP contribution in [-0.2, 0) is 16.6 Å². The lowest BCUT2D eigenvalue weighted by Gasteiger charge is -2.29. The van der Waals surface area contributed by atoms with Gasteiger partial charge in [-0.2, -0.15) is 0 Å². The zero-order valence-corrected chi connectivity index (χ0v) is 14.8. The van der Waals surface area contributed by atoms with Gasteiger partial charge in [-0.25, -0.2) is 13.1 Å². The summed E-state index contributed by atoms with van der Waals surface area (Å²) in [6.07, 6.45) is 4.18. The molecule has 1 aliphatic carbocycles. The number of halogens is 1. The molecule has 1 fully saturated rings. The van der Waals surface area contributed by atoms with Crippen molar-refractivity contribution in [2.45, 2.75) is 57.1 Å². The molecular weight excluding hydrogens is 354 g/mol. The number of aryl methyl sites for hydroxylation is 1. The molecule has 21 heavy (non-hydrogen) atoms. The smallest absolute Gasteiger partial charge is 0.241 e. The Balaban J connectivity index is 2.33. The fourth-order valence-electron chi connectivity index (χ4n) is 2.85. The van der Waals surface area contributed by atoms with E-state index in [1.807, 2.05) is 6.92 Å². The van der Waals surface area contributed by atoms with Crippen molar-refractivity contribution < 1.29 is 13.5 Å². The number of aliphatic hydroxyl groups excluding tert-OH is 1. The molecule has 1 aromatic carbocycles. The SMILES string of the molecule is Cc1cc(CO)cc(S(=O)(=O)NC2CCCCC2C)c1Br. The fraction of sp³-hybridized carbons (Fsp3) is 0.600. The molecular formula is C15H22BrNO3S. The molecule has 0 aliphatic heterocycles. The molecule has 6 heteroatoms. The molecule has 0 bridgehead atoms. The van der Waals surface area contributed by atoms with Crippen molar-refractivity contribution in [3.63, 3.8) is 0 Å². The van der Waals surface area contributed by atoms with Gasteiger partial charge in [0.1, 0.15) is 0 Å². The summed E-state index contributed by atoms with van der Waals surface area (Å²) in [5.41, 5.74) is 1.41. The average Bonchev–Trinajstić information content (AvgIpc) is 2.43. The van der Waals surface area contributed by atoms with E-state index in [4.69, 9.17) is 0 Å². The summed E-state index contributed by atoms with van der Waals surface area (Å²) in [6, 6.07) is 3.31. The molecule has 2 N–H and O–H groups in total. The minimum absolute atomic E-state index is 0.00580. The second-order valence-corrected chi connectivity index (χ2v) is 8.35. The number of benzene rings is 1. The fourth-order valence-corrected chi connectivity index (χ4v) is 5.30. The Bertz CT molecular complexity index is 616. The number of nitrogens with one attached hydrogen (secondary N) is 1. The zero-order chi connectivity index (χ0) is 15.6. The summed E-state index contributed by atoms with van der Waals surface area (Å²) in [7, 11) is -3.59. The lowest BCUT2D eigenvalue weighted by molar-refractivity contribution is 0.281. The van der Waals surface area contributed by atoms with Gasteiger partial charge in [0.05, 0.1) is 11.5 Å². The number of aliphatic hydroxyl groups is 1. The van der Waals surface area contributed by atoms with Crippen molar-refractivity contribution in [1.29, 1.82) is 0 Å². The largest absolute Gasteiger partial charge is 0.392 e. The Kier molecular flexibility index (Phi) is 5.46. The van der Waals surface area contributed by atoms with Crippen LogP contribution in [0.4, 0.5) is 0 Å². The van der Waals surface area contributed by atoms with Crippen LogP contribution < -0.4 is 4.72 Å². The molecule has 0 heterocycles.